The molecule has 2 unspecified atom stereocenters. The number of ether oxygens (including phenoxy) is 2. The highest BCUT2D eigenvalue weighted by Crippen LogP contribution is 2.41. The molecule has 9 heteroatoms. The molecular weight excluding hydrogens is 509 g/mol. The Balaban J connectivity index is 1.25. The first-order valence-corrected chi connectivity index (χ1v) is 14.4. The molecular formula is C31H32FN5O3. The fourth-order valence-corrected chi connectivity index (χ4v) is 7.45. The van der Waals surface area contributed by atoms with Gasteiger partial charge >= 0.3 is 6.01 Å². The van der Waals surface area contributed by atoms with Crippen LogP contribution in [-0.4, -0.2) is 75.5 Å². The number of anilines is 1. The van der Waals surface area contributed by atoms with Gasteiger partial charge < -0.3 is 19.5 Å². The number of fused-ring (bicyclic) bond motifs is 5. The van der Waals surface area contributed by atoms with Crippen molar-refractivity contribution in [1.82, 2.24) is 19.9 Å². The molecule has 2 aromatic heterocycles. The maximum Gasteiger partial charge on any atom is 0.319 e. The summed E-state index contributed by atoms with van der Waals surface area (Å²) in [7, 11) is 0. The highest BCUT2D eigenvalue weighted by atomic mass is 19.1. The van der Waals surface area contributed by atoms with Crippen LogP contribution in [0.4, 0.5) is 10.2 Å². The smallest absolute Gasteiger partial charge is 0.319 e. The van der Waals surface area contributed by atoms with Gasteiger partial charge in [-0.15, -0.1) is 0 Å². The number of benzene rings is 2. The zero-order valence-corrected chi connectivity index (χ0v) is 22.4. The maximum absolute atomic E-state index is 16.5. The molecule has 2 bridgehead atoms. The SMILES string of the molecule is Oc1cc(-c2ncc3c(N4CC5CCC(C4)O5)nc(OCC45CCCN4CCC5)nc3c2F)c2ccccc2c1. The Hall–Kier alpha value is -3.56. The van der Waals surface area contributed by atoms with Gasteiger partial charge in [-0.25, -0.2) is 4.39 Å². The summed E-state index contributed by atoms with van der Waals surface area (Å²) in [6, 6.07) is 11.0. The molecule has 40 heavy (non-hydrogen) atoms. The van der Waals surface area contributed by atoms with Crippen molar-refractivity contribution in [2.24, 2.45) is 0 Å². The van der Waals surface area contributed by atoms with Gasteiger partial charge in [-0.3, -0.25) is 9.88 Å². The van der Waals surface area contributed by atoms with E-state index >= 15 is 4.39 Å². The van der Waals surface area contributed by atoms with Crippen LogP contribution in [0.15, 0.2) is 42.6 Å². The number of aromatic nitrogens is 3. The number of hydrogen-bond acceptors (Lipinski definition) is 8. The minimum absolute atomic E-state index is 0.0268. The predicted octanol–water partition coefficient (Wildman–Crippen LogP) is 5.06. The molecule has 4 fully saturated rings. The highest BCUT2D eigenvalue weighted by molar-refractivity contribution is 5.99. The molecule has 1 N–H and O–H groups in total. The quantitative estimate of drug-likeness (QED) is 0.375. The molecule has 2 aromatic carbocycles. The monoisotopic (exact) mass is 541 g/mol. The number of phenolic OH excluding ortho intramolecular Hbond substituents is 1. The minimum atomic E-state index is -0.542. The fraction of sp³-hybridized carbons (Fsp3) is 0.452. The number of aromatic hydroxyl groups is 1. The van der Waals surface area contributed by atoms with Gasteiger partial charge in [0.1, 0.15) is 29.4 Å². The third kappa shape index (κ3) is 3.89. The largest absolute Gasteiger partial charge is 0.508 e. The Morgan fingerprint density at radius 1 is 1.02 bits per heavy atom. The summed E-state index contributed by atoms with van der Waals surface area (Å²) in [5.74, 6) is 0.161. The Morgan fingerprint density at radius 2 is 1.80 bits per heavy atom. The van der Waals surface area contributed by atoms with E-state index < -0.39 is 5.82 Å². The second kappa shape index (κ2) is 9.24. The second-order valence-electron chi connectivity index (χ2n) is 11.8. The van der Waals surface area contributed by atoms with Crippen LogP contribution >= 0.6 is 0 Å². The zero-order valence-electron chi connectivity index (χ0n) is 22.4. The van der Waals surface area contributed by atoms with Crippen molar-refractivity contribution in [2.45, 2.75) is 56.3 Å². The van der Waals surface area contributed by atoms with Crippen LogP contribution in [0.1, 0.15) is 38.5 Å². The molecule has 2 atom stereocenters. The van der Waals surface area contributed by atoms with Crippen molar-refractivity contribution >= 4 is 27.5 Å². The molecule has 4 aliphatic heterocycles. The molecule has 0 spiro atoms. The lowest BCUT2D eigenvalue weighted by Gasteiger charge is -2.34. The molecule has 206 valence electrons. The third-order valence-electron chi connectivity index (χ3n) is 9.37. The number of phenols is 1. The van der Waals surface area contributed by atoms with Crippen molar-refractivity contribution in [3.63, 3.8) is 0 Å². The van der Waals surface area contributed by atoms with Gasteiger partial charge in [0.2, 0.25) is 0 Å². The van der Waals surface area contributed by atoms with Crippen LogP contribution < -0.4 is 9.64 Å². The summed E-state index contributed by atoms with van der Waals surface area (Å²) in [4.78, 5) is 18.8. The van der Waals surface area contributed by atoms with Crippen LogP contribution in [0.2, 0.25) is 0 Å². The Bertz CT molecular complexity index is 1610. The van der Waals surface area contributed by atoms with Crippen molar-refractivity contribution in [1.29, 1.82) is 0 Å². The topological polar surface area (TPSA) is 83.8 Å². The summed E-state index contributed by atoms with van der Waals surface area (Å²) >= 11 is 0. The lowest BCUT2D eigenvalue weighted by atomic mass is 9.95. The van der Waals surface area contributed by atoms with Crippen LogP contribution in [0.5, 0.6) is 11.8 Å². The molecule has 6 heterocycles. The molecule has 4 aromatic rings. The van der Waals surface area contributed by atoms with Crippen molar-refractivity contribution in [3.05, 3.63) is 48.4 Å². The lowest BCUT2D eigenvalue weighted by molar-refractivity contribution is 0.0302. The lowest BCUT2D eigenvalue weighted by Crippen LogP contribution is -2.44. The first kappa shape index (κ1) is 24.3. The van der Waals surface area contributed by atoms with Gasteiger partial charge in [0, 0.05) is 24.8 Å². The maximum atomic E-state index is 16.5. The molecule has 0 saturated carbocycles. The molecule has 4 saturated heterocycles. The van der Waals surface area contributed by atoms with Gasteiger partial charge in [-0.2, -0.15) is 9.97 Å². The number of hydrogen-bond donors (Lipinski definition) is 1. The predicted molar refractivity (Wildman–Crippen MR) is 150 cm³/mol. The van der Waals surface area contributed by atoms with Gasteiger partial charge in [0.15, 0.2) is 5.82 Å². The van der Waals surface area contributed by atoms with Crippen molar-refractivity contribution < 1.29 is 19.0 Å². The van der Waals surface area contributed by atoms with E-state index in [1.807, 2.05) is 24.3 Å². The zero-order chi connectivity index (χ0) is 26.8. The summed E-state index contributed by atoms with van der Waals surface area (Å²) < 4.78 is 28.9. The second-order valence-corrected chi connectivity index (χ2v) is 11.8. The summed E-state index contributed by atoms with van der Waals surface area (Å²) in [6.07, 6.45) is 8.55. The van der Waals surface area contributed by atoms with Gasteiger partial charge in [-0.05, 0) is 74.5 Å². The van der Waals surface area contributed by atoms with Crippen molar-refractivity contribution in [3.8, 4) is 23.0 Å². The normalized spacial score (nSPS) is 23.8. The average Bonchev–Trinajstić information content (AvgIpc) is 3.65. The van der Waals surface area contributed by atoms with Gasteiger partial charge in [0.05, 0.1) is 23.1 Å². The number of pyridine rings is 1. The first-order chi connectivity index (χ1) is 19.6. The summed E-state index contributed by atoms with van der Waals surface area (Å²) in [5.41, 5.74) is 0.879. The van der Waals surface area contributed by atoms with E-state index in [9.17, 15) is 5.11 Å². The Labute approximate surface area is 231 Å². The third-order valence-corrected chi connectivity index (χ3v) is 9.37. The average molecular weight is 542 g/mol. The molecule has 0 aliphatic carbocycles. The van der Waals surface area contributed by atoms with E-state index in [0.29, 0.717) is 36.5 Å². The number of halogens is 1. The van der Waals surface area contributed by atoms with E-state index in [4.69, 9.17) is 14.5 Å². The van der Waals surface area contributed by atoms with E-state index in [1.165, 1.54) is 12.8 Å². The van der Waals surface area contributed by atoms with Crippen LogP contribution in [0, 0.1) is 5.82 Å². The van der Waals surface area contributed by atoms with Gasteiger partial charge in [0.25, 0.3) is 0 Å². The molecule has 0 radical (unpaired) electrons. The Kier molecular flexibility index (Phi) is 5.60. The Morgan fingerprint density at radius 3 is 2.60 bits per heavy atom. The standard InChI is InChI=1S/C31H32FN5O3/c32-26-27(24-14-20(38)13-19-5-1-2-6-23(19)24)33-15-25-28(26)34-30(39-18-31-9-3-11-37(31)12-4-10-31)35-29(25)36-16-21-7-8-22(17-36)40-21/h1-2,5-6,13-15,21-22,38H,3-4,7-12,16-18H2. The number of nitrogens with zero attached hydrogens (tertiary/aromatic N) is 5. The van der Waals surface area contributed by atoms with Crippen LogP contribution in [-0.2, 0) is 4.74 Å². The molecule has 4 aliphatic rings. The van der Waals surface area contributed by atoms with E-state index in [0.717, 1.165) is 49.5 Å². The fourth-order valence-electron chi connectivity index (χ4n) is 7.45. The molecule has 8 nitrogen and oxygen atoms in total. The molecule has 0 amide bonds. The van der Waals surface area contributed by atoms with Crippen LogP contribution in [0.25, 0.3) is 32.9 Å². The van der Waals surface area contributed by atoms with Crippen molar-refractivity contribution in [2.75, 3.05) is 37.7 Å². The van der Waals surface area contributed by atoms with Gasteiger partial charge in [-0.1, -0.05) is 24.3 Å². The number of rotatable bonds is 5. The van der Waals surface area contributed by atoms with E-state index in [2.05, 4.69) is 19.8 Å². The van der Waals surface area contributed by atoms with E-state index in [-0.39, 0.29) is 40.7 Å². The summed E-state index contributed by atoms with van der Waals surface area (Å²) in [6.45, 7) is 4.10. The highest BCUT2D eigenvalue weighted by Gasteiger charge is 2.45. The molecule has 8 rings (SSSR count). The summed E-state index contributed by atoms with van der Waals surface area (Å²) in [5, 5.41) is 12.6. The minimum Gasteiger partial charge on any atom is -0.508 e. The van der Waals surface area contributed by atoms with E-state index in [1.54, 1.807) is 18.3 Å². The number of morpholine rings is 1. The first-order valence-electron chi connectivity index (χ1n) is 14.4. The van der Waals surface area contributed by atoms with Crippen LogP contribution in [0.3, 0.4) is 0 Å².